The molecule has 1 aliphatic rings. The van der Waals surface area contributed by atoms with Crippen LogP contribution in [0.2, 0.25) is 0 Å². The molecule has 2 rings (SSSR count). The molecule has 1 heterocycles. The van der Waals surface area contributed by atoms with Gasteiger partial charge in [0.2, 0.25) is 5.82 Å². The number of aliphatic hydroxyl groups excluding tert-OH is 2. The maximum absolute atomic E-state index is 13.2. The molecule has 1 aromatic rings. The molecular formula is C11H15FN2O4. The van der Waals surface area contributed by atoms with Crippen molar-refractivity contribution in [3.63, 3.8) is 0 Å². The summed E-state index contributed by atoms with van der Waals surface area (Å²) in [5.41, 5.74) is -1.75. The molecule has 0 spiro atoms. The van der Waals surface area contributed by atoms with Crippen LogP contribution in [0.4, 0.5) is 4.39 Å². The Hall–Kier alpha value is -1.47. The van der Waals surface area contributed by atoms with E-state index in [1.807, 2.05) is 4.98 Å². The van der Waals surface area contributed by atoms with Gasteiger partial charge in [-0.3, -0.25) is 14.3 Å². The summed E-state index contributed by atoms with van der Waals surface area (Å²) in [5.74, 6) is -1.47. The van der Waals surface area contributed by atoms with E-state index in [9.17, 15) is 19.1 Å². The predicted octanol–water partition coefficient (Wildman–Crippen LogP) is -0.774. The van der Waals surface area contributed by atoms with E-state index in [0.717, 1.165) is 10.8 Å². The van der Waals surface area contributed by atoms with Crippen LogP contribution >= 0.6 is 0 Å². The third kappa shape index (κ3) is 1.99. The van der Waals surface area contributed by atoms with Gasteiger partial charge in [-0.2, -0.15) is 4.39 Å². The minimum atomic E-state index is -1.05. The van der Waals surface area contributed by atoms with Gasteiger partial charge in [0.05, 0.1) is 12.3 Å². The molecular weight excluding hydrogens is 243 g/mol. The molecule has 7 heteroatoms. The van der Waals surface area contributed by atoms with Gasteiger partial charge in [-0.05, 0) is 19.3 Å². The highest BCUT2D eigenvalue weighted by atomic mass is 19.1. The van der Waals surface area contributed by atoms with E-state index in [1.54, 1.807) is 6.92 Å². The number of nitrogens with one attached hydrogen (secondary N) is 1. The van der Waals surface area contributed by atoms with Crippen LogP contribution in [0.1, 0.15) is 19.4 Å². The quantitative estimate of drug-likeness (QED) is 0.663. The van der Waals surface area contributed by atoms with Crippen LogP contribution in [0.3, 0.4) is 0 Å². The van der Waals surface area contributed by atoms with Gasteiger partial charge in [0.1, 0.15) is 0 Å². The second-order valence-electron chi connectivity index (χ2n) is 4.71. The van der Waals surface area contributed by atoms with Crippen molar-refractivity contribution in [1.29, 1.82) is 0 Å². The number of hydrogen-bond donors (Lipinski definition) is 3. The van der Waals surface area contributed by atoms with Crippen molar-refractivity contribution in [3.05, 3.63) is 32.9 Å². The predicted molar refractivity (Wildman–Crippen MR) is 60.7 cm³/mol. The average Bonchev–Trinajstić information content (AvgIpc) is 2.23. The van der Waals surface area contributed by atoms with Gasteiger partial charge >= 0.3 is 5.69 Å². The smallest absolute Gasteiger partial charge is 0.328 e. The summed E-state index contributed by atoms with van der Waals surface area (Å²) in [6.45, 7) is 1.47. The van der Waals surface area contributed by atoms with E-state index in [1.165, 1.54) is 0 Å². The molecule has 0 amide bonds. The molecule has 6 nitrogen and oxygen atoms in total. The van der Waals surface area contributed by atoms with Crippen LogP contribution < -0.4 is 11.2 Å². The van der Waals surface area contributed by atoms with Gasteiger partial charge < -0.3 is 10.2 Å². The summed E-state index contributed by atoms with van der Waals surface area (Å²) >= 11 is 0. The number of rotatable bonds is 3. The molecule has 1 fully saturated rings. The van der Waals surface area contributed by atoms with Crippen molar-refractivity contribution in [1.82, 2.24) is 9.55 Å². The molecule has 0 radical (unpaired) electrons. The van der Waals surface area contributed by atoms with Gasteiger partial charge in [0.25, 0.3) is 5.56 Å². The third-order valence-corrected chi connectivity index (χ3v) is 3.61. The van der Waals surface area contributed by atoms with E-state index in [4.69, 9.17) is 5.11 Å². The van der Waals surface area contributed by atoms with Crippen molar-refractivity contribution in [3.8, 4) is 0 Å². The molecule has 18 heavy (non-hydrogen) atoms. The lowest BCUT2D eigenvalue weighted by atomic mass is 9.67. The van der Waals surface area contributed by atoms with Crippen LogP contribution in [-0.4, -0.2) is 32.5 Å². The fourth-order valence-corrected chi connectivity index (χ4v) is 2.66. The lowest BCUT2D eigenvalue weighted by Crippen LogP contribution is -2.50. The molecule has 0 aromatic carbocycles. The van der Waals surface area contributed by atoms with Gasteiger partial charge in [0, 0.05) is 18.6 Å². The van der Waals surface area contributed by atoms with E-state index in [-0.39, 0.29) is 18.4 Å². The topological polar surface area (TPSA) is 95.3 Å². The number of H-pyrrole nitrogens is 1. The molecule has 3 N–H and O–H groups in total. The number of nitrogens with zero attached hydrogens (tertiary/aromatic N) is 1. The molecule has 1 aliphatic carbocycles. The van der Waals surface area contributed by atoms with Crippen LogP contribution in [-0.2, 0) is 0 Å². The Kier molecular flexibility index (Phi) is 3.36. The molecule has 0 aliphatic heterocycles. The Bertz CT molecular complexity index is 551. The summed E-state index contributed by atoms with van der Waals surface area (Å²) in [5, 5.41) is 18.7. The largest absolute Gasteiger partial charge is 0.396 e. The van der Waals surface area contributed by atoms with Crippen LogP contribution in [0.5, 0.6) is 0 Å². The SMILES string of the molecule is CC(O)C1C(CO)CC1n1cc(F)c(=O)[nH]c1=O. The number of hydrogen-bond acceptors (Lipinski definition) is 4. The third-order valence-electron chi connectivity index (χ3n) is 3.61. The van der Waals surface area contributed by atoms with Crippen molar-refractivity contribution >= 4 is 0 Å². The Labute approximate surface area is 102 Å². The minimum Gasteiger partial charge on any atom is -0.396 e. The first-order valence-corrected chi connectivity index (χ1v) is 5.75. The summed E-state index contributed by atoms with van der Waals surface area (Å²) < 4.78 is 14.3. The molecule has 0 bridgehead atoms. The Morgan fingerprint density at radius 3 is 2.83 bits per heavy atom. The minimum absolute atomic E-state index is 0.0906. The van der Waals surface area contributed by atoms with Crippen molar-refractivity contribution < 1.29 is 14.6 Å². The van der Waals surface area contributed by atoms with Gasteiger partial charge in [-0.25, -0.2) is 4.79 Å². The lowest BCUT2D eigenvalue weighted by Gasteiger charge is -2.46. The standard InChI is InChI=1S/C11H15FN2O4/c1-5(16)9-6(4-15)2-8(9)14-3-7(12)10(17)13-11(14)18/h3,5-6,8-9,15-16H,2,4H2,1H3,(H,13,17,18). The monoisotopic (exact) mass is 258 g/mol. The van der Waals surface area contributed by atoms with Crippen molar-refractivity contribution in [2.75, 3.05) is 6.61 Å². The normalized spacial score (nSPS) is 28.8. The highest BCUT2D eigenvalue weighted by Crippen LogP contribution is 2.45. The van der Waals surface area contributed by atoms with E-state index in [0.29, 0.717) is 6.42 Å². The van der Waals surface area contributed by atoms with Gasteiger partial charge in [-0.15, -0.1) is 0 Å². The number of aromatic nitrogens is 2. The number of aliphatic hydroxyl groups is 2. The fraction of sp³-hybridized carbons (Fsp3) is 0.636. The Morgan fingerprint density at radius 2 is 2.28 bits per heavy atom. The summed E-state index contributed by atoms with van der Waals surface area (Å²) in [4.78, 5) is 24.4. The zero-order chi connectivity index (χ0) is 13.4. The zero-order valence-electron chi connectivity index (χ0n) is 9.84. The first-order chi connectivity index (χ1) is 8.45. The second kappa shape index (κ2) is 4.66. The highest BCUT2D eigenvalue weighted by molar-refractivity contribution is 4.99. The highest BCUT2D eigenvalue weighted by Gasteiger charge is 2.44. The van der Waals surface area contributed by atoms with Crippen LogP contribution in [0.25, 0.3) is 0 Å². The molecule has 1 aromatic heterocycles. The van der Waals surface area contributed by atoms with E-state index in [2.05, 4.69) is 0 Å². The Balaban J connectivity index is 2.36. The molecule has 100 valence electrons. The lowest BCUT2D eigenvalue weighted by molar-refractivity contribution is -0.0495. The van der Waals surface area contributed by atoms with Gasteiger partial charge in [0.15, 0.2) is 0 Å². The number of aromatic amines is 1. The summed E-state index contributed by atoms with van der Waals surface area (Å²) in [7, 11) is 0. The van der Waals surface area contributed by atoms with E-state index < -0.39 is 29.2 Å². The summed E-state index contributed by atoms with van der Waals surface area (Å²) in [6.07, 6.45) is 0.606. The second-order valence-corrected chi connectivity index (χ2v) is 4.71. The zero-order valence-corrected chi connectivity index (χ0v) is 9.84. The van der Waals surface area contributed by atoms with Gasteiger partial charge in [-0.1, -0.05) is 0 Å². The average molecular weight is 258 g/mol. The van der Waals surface area contributed by atoms with Crippen molar-refractivity contribution in [2.45, 2.75) is 25.5 Å². The van der Waals surface area contributed by atoms with E-state index >= 15 is 0 Å². The Morgan fingerprint density at radius 1 is 1.61 bits per heavy atom. The van der Waals surface area contributed by atoms with Crippen molar-refractivity contribution in [2.24, 2.45) is 11.8 Å². The van der Waals surface area contributed by atoms with Crippen LogP contribution in [0, 0.1) is 17.7 Å². The number of halogens is 1. The maximum Gasteiger partial charge on any atom is 0.328 e. The maximum atomic E-state index is 13.2. The first-order valence-electron chi connectivity index (χ1n) is 5.75. The fourth-order valence-electron chi connectivity index (χ4n) is 2.66. The summed E-state index contributed by atoms with van der Waals surface area (Å²) in [6, 6.07) is -0.402. The van der Waals surface area contributed by atoms with Crippen LogP contribution in [0.15, 0.2) is 15.8 Å². The molecule has 4 unspecified atom stereocenters. The molecule has 0 saturated heterocycles. The molecule has 4 atom stereocenters. The first kappa shape index (κ1) is 13.0. The molecule has 1 saturated carbocycles.